The Balaban J connectivity index is 1.88. The van der Waals surface area contributed by atoms with Gasteiger partial charge in [0.15, 0.2) is 5.16 Å². The predicted octanol–water partition coefficient (Wildman–Crippen LogP) is 2.68. The minimum atomic E-state index is -0.0991. The van der Waals surface area contributed by atoms with Gasteiger partial charge >= 0.3 is 0 Å². The summed E-state index contributed by atoms with van der Waals surface area (Å²) in [6.07, 6.45) is 1.65. The summed E-state index contributed by atoms with van der Waals surface area (Å²) in [5.41, 5.74) is 0.690. The van der Waals surface area contributed by atoms with E-state index in [2.05, 4.69) is 15.5 Å². The molecule has 1 heterocycles. The molecule has 0 aliphatic heterocycles. The maximum Gasteiger partial charge on any atom is 0.234 e. The van der Waals surface area contributed by atoms with Crippen LogP contribution in [-0.4, -0.2) is 26.4 Å². The topological polar surface area (TPSA) is 59.8 Å². The number of nitrogens with one attached hydrogen (secondary N) is 1. The van der Waals surface area contributed by atoms with Crippen LogP contribution in [0, 0.1) is 0 Å². The van der Waals surface area contributed by atoms with Crippen molar-refractivity contribution in [2.45, 2.75) is 18.6 Å². The highest BCUT2D eigenvalue weighted by Crippen LogP contribution is 2.17. The fourth-order valence-electron chi connectivity index (χ4n) is 1.47. The first-order valence-electron chi connectivity index (χ1n) is 5.75. The second-order valence-corrected chi connectivity index (χ2v) is 5.13. The number of benzene rings is 1. The largest absolute Gasteiger partial charge is 0.325 e. The van der Waals surface area contributed by atoms with Gasteiger partial charge in [0, 0.05) is 17.3 Å². The molecular formula is C12H13ClN4OS. The molecule has 5 nitrogen and oxygen atoms in total. The Morgan fingerprint density at radius 2 is 2.37 bits per heavy atom. The Kier molecular flexibility index (Phi) is 4.81. The average Bonchev–Trinajstić information content (AvgIpc) is 2.83. The second-order valence-electron chi connectivity index (χ2n) is 3.75. The smallest absolute Gasteiger partial charge is 0.234 e. The molecule has 0 fully saturated rings. The molecule has 0 radical (unpaired) electrons. The molecule has 1 N–H and O–H groups in total. The highest BCUT2D eigenvalue weighted by atomic mass is 35.5. The van der Waals surface area contributed by atoms with E-state index in [1.54, 1.807) is 30.6 Å². The van der Waals surface area contributed by atoms with Crippen LogP contribution in [0.4, 0.5) is 5.69 Å². The van der Waals surface area contributed by atoms with Gasteiger partial charge in [0.05, 0.1) is 5.75 Å². The third kappa shape index (κ3) is 3.97. The quantitative estimate of drug-likeness (QED) is 0.862. The molecule has 0 saturated carbocycles. The lowest BCUT2D eigenvalue weighted by Crippen LogP contribution is -2.14. The summed E-state index contributed by atoms with van der Waals surface area (Å²) in [5.74, 6) is 0.184. The second kappa shape index (κ2) is 6.58. The Morgan fingerprint density at radius 3 is 3.11 bits per heavy atom. The minimum absolute atomic E-state index is 0.0991. The molecule has 0 spiro atoms. The Labute approximate surface area is 120 Å². The molecule has 19 heavy (non-hydrogen) atoms. The highest BCUT2D eigenvalue weighted by Gasteiger charge is 2.08. The standard InChI is InChI=1S/C12H13ClN4OS/c1-2-17-8-14-16-12(17)19-7-11(18)15-10-5-3-4-9(13)6-10/h3-6,8H,2,7H2,1H3,(H,15,18). The van der Waals surface area contributed by atoms with Crippen molar-refractivity contribution in [2.75, 3.05) is 11.1 Å². The monoisotopic (exact) mass is 296 g/mol. The SMILES string of the molecule is CCn1cnnc1SCC(=O)Nc1cccc(Cl)c1. The molecule has 1 amide bonds. The van der Waals surface area contributed by atoms with Crippen LogP contribution in [0.3, 0.4) is 0 Å². The van der Waals surface area contributed by atoms with Crippen LogP contribution < -0.4 is 5.32 Å². The van der Waals surface area contributed by atoms with E-state index in [0.29, 0.717) is 10.7 Å². The van der Waals surface area contributed by atoms with E-state index >= 15 is 0 Å². The first-order chi connectivity index (χ1) is 9.19. The van der Waals surface area contributed by atoms with Gasteiger partial charge < -0.3 is 9.88 Å². The van der Waals surface area contributed by atoms with Crippen molar-refractivity contribution in [3.8, 4) is 0 Å². The Morgan fingerprint density at radius 1 is 1.53 bits per heavy atom. The Bertz CT molecular complexity index is 572. The molecule has 0 unspecified atom stereocenters. The molecule has 0 aliphatic rings. The molecule has 7 heteroatoms. The number of amides is 1. The third-order valence-corrected chi connectivity index (χ3v) is 3.58. The lowest BCUT2D eigenvalue weighted by atomic mass is 10.3. The molecule has 0 atom stereocenters. The Hall–Kier alpha value is -1.53. The van der Waals surface area contributed by atoms with E-state index in [1.165, 1.54) is 11.8 Å². The maximum atomic E-state index is 11.8. The molecule has 0 saturated heterocycles. The van der Waals surface area contributed by atoms with Crippen LogP contribution in [0.1, 0.15) is 6.92 Å². The summed E-state index contributed by atoms with van der Waals surface area (Å²) in [6, 6.07) is 7.05. The lowest BCUT2D eigenvalue weighted by molar-refractivity contribution is -0.113. The van der Waals surface area contributed by atoms with E-state index in [-0.39, 0.29) is 11.7 Å². The summed E-state index contributed by atoms with van der Waals surface area (Å²) in [6.45, 7) is 2.78. The van der Waals surface area contributed by atoms with Gasteiger partial charge in [-0.25, -0.2) is 0 Å². The number of anilines is 1. The minimum Gasteiger partial charge on any atom is -0.325 e. The number of thioether (sulfide) groups is 1. The van der Waals surface area contributed by atoms with Gasteiger partial charge in [0.25, 0.3) is 0 Å². The van der Waals surface area contributed by atoms with Crippen molar-refractivity contribution in [3.05, 3.63) is 35.6 Å². The number of aromatic nitrogens is 3. The van der Waals surface area contributed by atoms with E-state index in [9.17, 15) is 4.79 Å². The van der Waals surface area contributed by atoms with Crippen molar-refractivity contribution < 1.29 is 4.79 Å². The lowest BCUT2D eigenvalue weighted by Gasteiger charge is -2.05. The molecule has 100 valence electrons. The number of aryl methyl sites for hydroxylation is 1. The van der Waals surface area contributed by atoms with Gasteiger partial charge in [-0.05, 0) is 25.1 Å². The van der Waals surface area contributed by atoms with Gasteiger partial charge in [0.2, 0.25) is 5.91 Å². The average molecular weight is 297 g/mol. The first-order valence-corrected chi connectivity index (χ1v) is 7.11. The number of rotatable bonds is 5. The van der Waals surface area contributed by atoms with Crippen LogP contribution in [0.25, 0.3) is 0 Å². The fraction of sp³-hybridized carbons (Fsp3) is 0.250. The molecule has 2 rings (SSSR count). The summed E-state index contributed by atoms with van der Waals surface area (Å²) >= 11 is 7.20. The van der Waals surface area contributed by atoms with Crippen LogP contribution in [0.15, 0.2) is 35.7 Å². The van der Waals surface area contributed by atoms with Crippen molar-refractivity contribution >= 4 is 35.0 Å². The number of hydrogen-bond donors (Lipinski definition) is 1. The van der Waals surface area contributed by atoms with Crippen LogP contribution in [-0.2, 0) is 11.3 Å². The van der Waals surface area contributed by atoms with Gasteiger partial charge in [-0.15, -0.1) is 10.2 Å². The number of hydrogen-bond acceptors (Lipinski definition) is 4. The first kappa shape index (κ1) is 13.9. The van der Waals surface area contributed by atoms with Crippen molar-refractivity contribution in [3.63, 3.8) is 0 Å². The summed E-state index contributed by atoms with van der Waals surface area (Å²) < 4.78 is 1.89. The van der Waals surface area contributed by atoms with Crippen molar-refractivity contribution in [2.24, 2.45) is 0 Å². The molecule has 2 aromatic rings. The summed E-state index contributed by atoms with van der Waals surface area (Å²) in [4.78, 5) is 11.8. The summed E-state index contributed by atoms with van der Waals surface area (Å²) in [7, 11) is 0. The van der Waals surface area contributed by atoms with Gasteiger partial charge in [-0.1, -0.05) is 29.4 Å². The zero-order chi connectivity index (χ0) is 13.7. The fourth-order valence-corrected chi connectivity index (χ4v) is 2.44. The van der Waals surface area contributed by atoms with Crippen LogP contribution in [0.2, 0.25) is 5.02 Å². The molecule has 0 aliphatic carbocycles. The molecular weight excluding hydrogens is 284 g/mol. The predicted molar refractivity (Wildman–Crippen MR) is 76.5 cm³/mol. The highest BCUT2D eigenvalue weighted by molar-refractivity contribution is 7.99. The summed E-state index contributed by atoms with van der Waals surface area (Å²) in [5, 5.41) is 11.9. The van der Waals surface area contributed by atoms with Gasteiger partial charge in [-0.2, -0.15) is 0 Å². The van der Waals surface area contributed by atoms with Crippen molar-refractivity contribution in [1.82, 2.24) is 14.8 Å². The molecule has 1 aromatic carbocycles. The van der Waals surface area contributed by atoms with Crippen LogP contribution >= 0.6 is 23.4 Å². The van der Waals surface area contributed by atoms with Crippen molar-refractivity contribution in [1.29, 1.82) is 0 Å². The number of carbonyl (C=O) groups is 1. The van der Waals surface area contributed by atoms with E-state index < -0.39 is 0 Å². The number of halogens is 1. The maximum absolute atomic E-state index is 11.8. The van der Waals surface area contributed by atoms with Crippen LogP contribution in [0.5, 0.6) is 0 Å². The normalized spacial score (nSPS) is 10.4. The number of nitrogens with zero attached hydrogens (tertiary/aromatic N) is 3. The zero-order valence-corrected chi connectivity index (χ0v) is 11.9. The van der Waals surface area contributed by atoms with Gasteiger partial charge in [0.1, 0.15) is 6.33 Å². The van der Waals surface area contributed by atoms with E-state index in [0.717, 1.165) is 11.7 Å². The van der Waals surface area contributed by atoms with E-state index in [4.69, 9.17) is 11.6 Å². The zero-order valence-electron chi connectivity index (χ0n) is 10.3. The molecule has 0 bridgehead atoms. The third-order valence-electron chi connectivity index (χ3n) is 2.36. The van der Waals surface area contributed by atoms with E-state index in [1.807, 2.05) is 11.5 Å². The molecule has 1 aromatic heterocycles. The van der Waals surface area contributed by atoms with Gasteiger partial charge in [-0.3, -0.25) is 4.79 Å². The number of carbonyl (C=O) groups excluding carboxylic acids is 1.